The molecule has 0 atom stereocenters. The Balaban J connectivity index is 2.52. The van der Waals surface area contributed by atoms with E-state index in [0.29, 0.717) is 0 Å². The number of anilines is 1. The van der Waals surface area contributed by atoms with Gasteiger partial charge in [0.1, 0.15) is 11.6 Å². The molecular formula is C14H16BrN3S. The van der Waals surface area contributed by atoms with Crippen LogP contribution in [-0.4, -0.2) is 22.8 Å². The summed E-state index contributed by atoms with van der Waals surface area (Å²) in [4.78, 5) is 9.20. The Morgan fingerprint density at radius 1 is 1.21 bits per heavy atom. The number of aromatic nitrogens is 2. The minimum absolute atomic E-state index is 0.811. The van der Waals surface area contributed by atoms with Crippen LogP contribution in [-0.2, 0) is 5.75 Å². The number of benzene rings is 1. The van der Waals surface area contributed by atoms with Gasteiger partial charge in [0.25, 0.3) is 0 Å². The second kappa shape index (κ2) is 6.91. The van der Waals surface area contributed by atoms with Crippen molar-refractivity contribution in [3.63, 3.8) is 0 Å². The van der Waals surface area contributed by atoms with Crippen molar-refractivity contribution in [2.75, 3.05) is 18.1 Å². The van der Waals surface area contributed by atoms with Crippen LogP contribution in [0.25, 0.3) is 11.3 Å². The van der Waals surface area contributed by atoms with Crippen LogP contribution >= 0.6 is 27.7 Å². The topological polar surface area (TPSA) is 37.8 Å². The van der Waals surface area contributed by atoms with E-state index in [1.807, 2.05) is 18.2 Å². The normalized spacial score (nSPS) is 10.5. The fourth-order valence-electron chi connectivity index (χ4n) is 1.76. The SMILES string of the molecule is CCNc1nc(CSC)nc(-c2ccccc2)c1Br. The second-order valence-electron chi connectivity index (χ2n) is 3.98. The van der Waals surface area contributed by atoms with Crippen LogP contribution < -0.4 is 5.32 Å². The Kier molecular flexibility index (Phi) is 5.22. The van der Waals surface area contributed by atoms with Crippen molar-refractivity contribution >= 4 is 33.5 Å². The summed E-state index contributed by atoms with van der Waals surface area (Å²) in [5.74, 6) is 2.52. The standard InChI is InChI=1S/C14H16BrN3S/c1-3-16-14-12(15)13(10-7-5-4-6-8-10)17-11(18-14)9-19-2/h4-8H,3,9H2,1-2H3,(H,16,17,18). The number of nitrogens with zero attached hydrogens (tertiary/aromatic N) is 2. The molecule has 0 saturated carbocycles. The van der Waals surface area contributed by atoms with Gasteiger partial charge in [-0.15, -0.1) is 0 Å². The number of halogens is 1. The van der Waals surface area contributed by atoms with Gasteiger partial charge >= 0.3 is 0 Å². The van der Waals surface area contributed by atoms with Gasteiger partial charge in [0.15, 0.2) is 0 Å². The number of rotatable bonds is 5. The molecule has 0 aliphatic heterocycles. The maximum Gasteiger partial charge on any atom is 0.144 e. The summed E-state index contributed by atoms with van der Waals surface area (Å²) >= 11 is 5.33. The van der Waals surface area contributed by atoms with Crippen LogP contribution in [0.15, 0.2) is 34.8 Å². The molecule has 2 rings (SSSR count). The molecule has 1 heterocycles. The third kappa shape index (κ3) is 3.48. The Morgan fingerprint density at radius 3 is 2.58 bits per heavy atom. The maximum atomic E-state index is 4.66. The largest absolute Gasteiger partial charge is 0.369 e. The molecule has 19 heavy (non-hydrogen) atoms. The van der Waals surface area contributed by atoms with Crippen LogP contribution in [0.4, 0.5) is 5.82 Å². The van der Waals surface area contributed by atoms with Crippen LogP contribution in [0.2, 0.25) is 0 Å². The van der Waals surface area contributed by atoms with Gasteiger partial charge in [0, 0.05) is 12.1 Å². The minimum atomic E-state index is 0.811. The van der Waals surface area contributed by atoms with E-state index in [1.54, 1.807) is 11.8 Å². The average Bonchev–Trinajstić information content (AvgIpc) is 2.44. The third-order valence-electron chi connectivity index (χ3n) is 2.56. The molecule has 0 unspecified atom stereocenters. The Hall–Kier alpha value is -1.07. The van der Waals surface area contributed by atoms with Gasteiger partial charge in [0.05, 0.1) is 15.9 Å². The van der Waals surface area contributed by atoms with E-state index >= 15 is 0 Å². The summed E-state index contributed by atoms with van der Waals surface area (Å²) in [6, 6.07) is 10.2. The predicted octanol–water partition coefficient (Wildman–Crippen LogP) is 4.20. The van der Waals surface area contributed by atoms with E-state index in [4.69, 9.17) is 0 Å². The number of hydrogen-bond donors (Lipinski definition) is 1. The Morgan fingerprint density at radius 2 is 1.95 bits per heavy atom. The monoisotopic (exact) mass is 337 g/mol. The molecule has 0 radical (unpaired) electrons. The molecule has 0 aliphatic rings. The van der Waals surface area contributed by atoms with E-state index < -0.39 is 0 Å². The third-order valence-corrected chi connectivity index (χ3v) is 3.86. The first-order chi connectivity index (χ1) is 9.26. The fraction of sp³-hybridized carbons (Fsp3) is 0.286. The van der Waals surface area contributed by atoms with Crippen molar-refractivity contribution in [1.82, 2.24) is 9.97 Å². The van der Waals surface area contributed by atoms with E-state index in [9.17, 15) is 0 Å². The minimum Gasteiger partial charge on any atom is -0.369 e. The van der Waals surface area contributed by atoms with Gasteiger partial charge in [-0.2, -0.15) is 11.8 Å². The first kappa shape index (κ1) is 14.3. The summed E-state index contributed by atoms with van der Waals surface area (Å²) in [5.41, 5.74) is 2.04. The van der Waals surface area contributed by atoms with Crippen LogP contribution in [0.3, 0.4) is 0 Å². The quantitative estimate of drug-likeness (QED) is 0.887. The lowest BCUT2D eigenvalue weighted by molar-refractivity contribution is 1.02. The van der Waals surface area contributed by atoms with E-state index in [2.05, 4.69) is 56.5 Å². The summed E-state index contributed by atoms with van der Waals surface area (Å²) in [5, 5.41) is 3.28. The molecule has 0 bridgehead atoms. The lowest BCUT2D eigenvalue weighted by Crippen LogP contribution is -2.06. The van der Waals surface area contributed by atoms with Crippen molar-refractivity contribution in [3.8, 4) is 11.3 Å². The zero-order valence-electron chi connectivity index (χ0n) is 11.0. The van der Waals surface area contributed by atoms with E-state index in [0.717, 1.165) is 39.7 Å². The van der Waals surface area contributed by atoms with Crippen molar-refractivity contribution in [2.45, 2.75) is 12.7 Å². The highest BCUT2D eigenvalue weighted by atomic mass is 79.9. The second-order valence-corrected chi connectivity index (χ2v) is 5.64. The molecule has 3 nitrogen and oxygen atoms in total. The zero-order chi connectivity index (χ0) is 13.7. The predicted molar refractivity (Wildman–Crippen MR) is 86.6 cm³/mol. The molecular weight excluding hydrogens is 322 g/mol. The summed E-state index contributed by atoms with van der Waals surface area (Å²) in [6.07, 6.45) is 2.06. The van der Waals surface area contributed by atoms with Gasteiger partial charge in [-0.25, -0.2) is 9.97 Å². The molecule has 2 aromatic rings. The van der Waals surface area contributed by atoms with E-state index in [-0.39, 0.29) is 0 Å². The summed E-state index contributed by atoms with van der Waals surface area (Å²) in [7, 11) is 0. The number of hydrogen-bond acceptors (Lipinski definition) is 4. The average molecular weight is 338 g/mol. The van der Waals surface area contributed by atoms with Gasteiger partial charge < -0.3 is 5.32 Å². The van der Waals surface area contributed by atoms with E-state index in [1.165, 1.54) is 0 Å². The number of thioether (sulfide) groups is 1. The van der Waals surface area contributed by atoms with Crippen molar-refractivity contribution in [1.29, 1.82) is 0 Å². The number of nitrogens with one attached hydrogen (secondary N) is 1. The highest BCUT2D eigenvalue weighted by Crippen LogP contribution is 2.31. The van der Waals surface area contributed by atoms with Crippen LogP contribution in [0, 0.1) is 0 Å². The first-order valence-electron chi connectivity index (χ1n) is 6.11. The first-order valence-corrected chi connectivity index (χ1v) is 8.29. The highest BCUT2D eigenvalue weighted by molar-refractivity contribution is 9.10. The maximum absolute atomic E-state index is 4.66. The molecule has 0 saturated heterocycles. The van der Waals surface area contributed by atoms with Crippen molar-refractivity contribution in [2.24, 2.45) is 0 Å². The molecule has 100 valence electrons. The fourth-order valence-corrected chi connectivity index (χ4v) is 2.69. The van der Waals surface area contributed by atoms with Crippen molar-refractivity contribution < 1.29 is 0 Å². The smallest absolute Gasteiger partial charge is 0.144 e. The molecule has 1 aromatic carbocycles. The molecule has 0 amide bonds. The van der Waals surface area contributed by atoms with Gasteiger partial charge in [-0.1, -0.05) is 30.3 Å². The summed E-state index contributed by atoms with van der Waals surface area (Å²) < 4.78 is 0.922. The molecule has 1 aromatic heterocycles. The van der Waals surface area contributed by atoms with Crippen LogP contribution in [0.5, 0.6) is 0 Å². The van der Waals surface area contributed by atoms with Crippen LogP contribution in [0.1, 0.15) is 12.7 Å². The molecule has 5 heteroatoms. The van der Waals surface area contributed by atoms with Gasteiger partial charge in [-0.05, 0) is 29.1 Å². The highest BCUT2D eigenvalue weighted by Gasteiger charge is 2.13. The molecule has 1 N–H and O–H groups in total. The molecule has 0 spiro atoms. The Bertz CT molecular complexity index is 546. The van der Waals surface area contributed by atoms with Gasteiger partial charge in [-0.3, -0.25) is 0 Å². The zero-order valence-corrected chi connectivity index (χ0v) is 13.4. The van der Waals surface area contributed by atoms with Crippen molar-refractivity contribution in [3.05, 3.63) is 40.6 Å². The van der Waals surface area contributed by atoms with Gasteiger partial charge in [0.2, 0.25) is 0 Å². The lowest BCUT2D eigenvalue weighted by atomic mass is 10.1. The lowest BCUT2D eigenvalue weighted by Gasteiger charge is -2.12. The molecule has 0 aliphatic carbocycles. The Labute approximate surface area is 126 Å². The molecule has 0 fully saturated rings. The summed E-state index contributed by atoms with van der Waals surface area (Å²) in [6.45, 7) is 2.90.